The third-order valence-electron chi connectivity index (χ3n) is 0.599. The Balaban J connectivity index is 4.19. The van der Waals surface area contributed by atoms with Crippen LogP contribution in [0, 0.1) is 11.3 Å². The highest BCUT2D eigenvalue weighted by Gasteiger charge is 2.12. The van der Waals surface area contributed by atoms with Gasteiger partial charge in [0.15, 0.2) is 5.54 Å². The molecule has 0 aromatic rings. The molecular weight excluding hydrogens is 104 g/mol. The molecule has 0 aliphatic heterocycles. The largest absolute Gasteiger partial charge is 0.236 e. The van der Waals surface area contributed by atoms with Crippen LogP contribution in [0.25, 0.3) is 0 Å². The fourth-order valence-electron chi connectivity index (χ4n) is 0.139. The lowest BCUT2D eigenvalue weighted by atomic mass is 10.1. The molecule has 0 bridgehead atoms. The van der Waals surface area contributed by atoms with Crippen molar-refractivity contribution in [1.29, 1.82) is 5.26 Å². The molecule has 0 aromatic carbocycles. The Hall–Kier alpha value is -1.13. The van der Waals surface area contributed by atoms with Crippen molar-refractivity contribution in [2.45, 2.75) is 19.4 Å². The van der Waals surface area contributed by atoms with Gasteiger partial charge in [-0.2, -0.15) is 10.3 Å². The van der Waals surface area contributed by atoms with Crippen LogP contribution in [0.5, 0.6) is 0 Å². The molecular formula is C5H6N2O. The van der Waals surface area contributed by atoms with Crippen LogP contribution >= 0.6 is 0 Å². The first-order chi connectivity index (χ1) is 3.62. The predicted molar refractivity (Wildman–Crippen MR) is 27.8 cm³/mol. The molecule has 0 radical (unpaired) electrons. The van der Waals surface area contributed by atoms with E-state index in [1.165, 1.54) is 19.9 Å². The minimum absolute atomic E-state index is 0.901. The van der Waals surface area contributed by atoms with Gasteiger partial charge in [0.25, 0.3) is 0 Å². The van der Waals surface area contributed by atoms with Gasteiger partial charge >= 0.3 is 0 Å². The zero-order valence-corrected chi connectivity index (χ0v) is 4.80. The monoisotopic (exact) mass is 110 g/mol. The Labute approximate surface area is 47.6 Å². The Morgan fingerprint density at radius 3 is 2.25 bits per heavy atom. The number of hydrogen-bond donors (Lipinski definition) is 0. The maximum Gasteiger partial charge on any atom is 0.236 e. The van der Waals surface area contributed by atoms with Crippen LogP contribution in [0.15, 0.2) is 4.99 Å². The summed E-state index contributed by atoms with van der Waals surface area (Å²) in [5, 5.41) is 8.20. The highest BCUT2D eigenvalue weighted by Crippen LogP contribution is 2.03. The number of nitrogens with zero attached hydrogens (tertiary/aromatic N) is 2. The second kappa shape index (κ2) is 2.25. The molecule has 0 N–H and O–H groups in total. The van der Waals surface area contributed by atoms with Crippen molar-refractivity contribution < 1.29 is 4.79 Å². The average Bonchev–Trinajstić information content (AvgIpc) is 1.67. The second-order valence-corrected chi connectivity index (χ2v) is 1.87. The van der Waals surface area contributed by atoms with Crippen molar-refractivity contribution in [3.63, 3.8) is 0 Å². The molecule has 42 valence electrons. The van der Waals surface area contributed by atoms with E-state index in [1.807, 2.05) is 6.07 Å². The Kier molecular flexibility index (Phi) is 1.93. The van der Waals surface area contributed by atoms with Gasteiger partial charge < -0.3 is 0 Å². The molecule has 0 saturated heterocycles. The molecule has 0 fully saturated rings. The summed E-state index contributed by atoms with van der Waals surface area (Å²) in [5.41, 5.74) is -0.901. The summed E-state index contributed by atoms with van der Waals surface area (Å²) in [6, 6.07) is 1.81. The van der Waals surface area contributed by atoms with E-state index >= 15 is 0 Å². The molecule has 0 aliphatic rings. The third-order valence-corrected chi connectivity index (χ3v) is 0.599. The van der Waals surface area contributed by atoms with E-state index in [0.29, 0.717) is 0 Å². The van der Waals surface area contributed by atoms with Crippen molar-refractivity contribution in [3.05, 3.63) is 0 Å². The van der Waals surface area contributed by atoms with E-state index in [0.717, 1.165) is 0 Å². The quantitative estimate of drug-likeness (QED) is 0.367. The van der Waals surface area contributed by atoms with Crippen LogP contribution in [0.4, 0.5) is 0 Å². The second-order valence-electron chi connectivity index (χ2n) is 1.87. The molecule has 0 heterocycles. The highest BCUT2D eigenvalue weighted by molar-refractivity contribution is 5.36. The number of nitriles is 1. The predicted octanol–water partition coefficient (Wildman–Crippen LogP) is 0.624. The summed E-state index contributed by atoms with van der Waals surface area (Å²) in [6.45, 7) is 3.08. The summed E-state index contributed by atoms with van der Waals surface area (Å²) in [4.78, 5) is 12.7. The summed E-state index contributed by atoms with van der Waals surface area (Å²) in [5.74, 6) is 0. The van der Waals surface area contributed by atoms with Crippen LogP contribution in [0.1, 0.15) is 13.8 Å². The van der Waals surface area contributed by atoms with Crippen LogP contribution in [-0.4, -0.2) is 11.6 Å². The van der Waals surface area contributed by atoms with Gasteiger partial charge in [0, 0.05) is 0 Å². The zero-order chi connectivity index (χ0) is 6.62. The normalized spacial score (nSPS) is 9.12. The van der Waals surface area contributed by atoms with Crippen molar-refractivity contribution in [3.8, 4) is 6.07 Å². The molecule has 3 nitrogen and oxygen atoms in total. The summed E-state index contributed by atoms with van der Waals surface area (Å²) in [7, 11) is 0. The SMILES string of the molecule is CC(C)(C#N)N=C=O. The van der Waals surface area contributed by atoms with Crippen molar-refractivity contribution in [1.82, 2.24) is 0 Å². The summed E-state index contributed by atoms with van der Waals surface area (Å²) in [6.07, 6.45) is 1.31. The number of carbonyl (C=O) groups excluding carboxylic acids is 1. The fourth-order valence-corrected chi connectivity index (χ4v) is 0.139. The molecule has 0 atom stereocenters. The van der Waals surface area contributed by atoms with E-state index < -0.39 is 5.54 Å². The van der Waals surface area contributed by atoms with Crippen molar-refractivity contribution in [2.75, 3.05) is 0 Å². The highest BCUT2D eigenvalue weighted by atomic mass is 16.1. The molecule has 0 saturated carbocycles. The first-order valence-corrected chi connectivity index (χ1v) is 2.12. The molecule has 0 aromatic heterocycles. The number of hydrogen-bond acceptors (Lipinski definition) is 3. The first-order valence-electron chi connectivity index (χ1n) is 2.12. The van der Waals surface area contributed by atoms with E-state index in [1.54, 1.807) is 0 Å². The topological polar surface area (TPSA) is 53.2 Å². The number of aliphatic imine (C=N–C) groups is 1. The van der Waals surface area contributed by atoms with Crippen LogP contribution in [-0.2, 0) is 4.79 Å². The van der Waals surface area contributed by atoms with Crippen LogP contribution < -0.4 is 0 Å². The van der Waals surface area contributed by atoms with E-state index in [-0.39, 0.29) is 0 Å². The molecule has 0 amide bonds. The molecule has 8 heavy (non-hydrogen) atoms. The van der Waals surface area contributed by atoms with Gasteiger partial charge in [0.1, 0.15) is 0 Å². The molecule has 0 spiro atoms. The van der Waals surface area contributed by atoms with Gasteiger partial charge in [-0.05, 0) is 13.8 Å². The van der Waals surface area contributed by atoms with Crippen LogP contribution in [0.3, 0.4) is 0 Å². The van der Waals surface area contributed by atoms with Gasteiger partial charge in [-0.1, -0.05) is 0 Å². The zero-order valence-electron chi connectivity index (χ0n) is 4.80. The minimum Gasteiger partial charge on any atom is -0.211 e. The van der Waals surface area contributed by atoms with Gasteiger partial charge in [-0.15, -0.1) is 0 Å². The Morgan fingerprint density at radius 1 is 1.62 bits per heavy atom. The number of rotatable bonds is 1. The molecule has 3 heteroatoms. The Bertz CT molecular complexity index is 160. The van der Waals surface area contributed by atoms with E-state index in [4.69, 9.17) is 5.26 Å². The summed E-state index contributed by atoms with van der Waals surface area (Å²) < 4.78 is 0. The molecule has 0 unspecified atom stereocenters. The van der Waals surface area contributed by atoms with Gasteiger partial charge in [-0.3, -0.25) is 0 Å². The lowest BCUT2D eigenvalue weighted by Crippen LogP contribution is -2.11. The maximum atomic E-state index is 9.54. The lowest BCUT2D eigenvalue weighted by Gasteiger charge is -2.01. The van der Waals surface area contributed by atoms with Crippen LogP contribution in [0.2, 0.25) is 0 Å². The van der Waals surface area contributed by atoms with E-state index in [9.17, 15) is 4.79 Å². The smallest absolute Gasteiger partial charge is 0.211 e. The third kappa shape index (κ3) is 2.12. The molecule has 0 aliphatic carbocycles. The standard InChI is InChI=1S/C5H6N2O/c1-5(2,3-6)7-4-8/h1-2H3. The van der Waals surface area contributed by atoms with Crippen molar-refractivity contribution in [2.24, 2.45) is 4.99 Å². The van der Waals surface area contributed by atoms with Gasteiger partial charge in [-0.25, -0.2) is 4.79 Å². The lowest BCUT2D eigenvalue weighted by molar-refractivity contribution is 0.552. The molecule has 0 rings (SSSR count). The fraction of sp³-hybridized carbons (Fsp3) is 0.600. The number of isocyanates is 1. The van der Waals surface area contributed by atoms with Gasteiger partial charge in [0.2, 0.25) is 6.08 Å². The minimum atomic E-state index is -0.901. The Morgan fingerprint density at radius 2 is 2.12 bits per heavy atom. The van der Waals surface area contributed by atoms with Gasteiger partial charge in [0.05, 0.1) is 6.07 Å². The van der Waals surface area contributed by atoms with Crippen molar-refractivity contribution >= 4 is 6.08 Å². The average molecular weight is 110 g/mol. The summed E-state index contributed by atoms with van der Waals surface area (Å²) >= 11 is 0. The first kappa shape index (κ1) is 6.87. The maximum absolute atomic E-state index is 9.54. The van der Waals surface area contributed by atoms with E-state index in [2.05, 4.69) is 4.99 Å².